The van der Waals surface area contributed by atoms with Gasteiger partial charge >= 0.3 is 0 Å². The van der Waals surface area contributed by atoms with Crippen LogP contribution in [0, 0.1) is 6.92 Å². The second kappa shape index (κ2) is 12.0. The van der Waals surface area contributed by atoms with Crippen molar-refractivity contribution in [3.8, 4) is 0 Å². The van der Waals surface area contributed by atoms with Crippen LogP contribution in [-0.4, -0.2) is 28.8 Å². The number of hydrogen-bond acceptors (Lipinski definition) is 2. The standard InChI is InChI=1S/C29H40N2O2/c1-21(2)26-17-14-24(15-18-26)16-19-28(32)31(20-25-12-10-22(3)11-13-25)23(4)29(33)30-27-8-6-5-7-9-27/h10-15,17-18,21,23,27H,5-9,16,19-20H2,1-4H3,(H,30,33)/t23-/m0/s1. The van der Waals surface area contributed by atoms with Crippen LogP contribution in [0.25, 0.3) is 0 Å². The van der Waals surface area contributed by atoms with Gasteiger partial charge in [-0.1, -0.05) is 87.2 Å². The molecule has 1 saturated carbocycles. The molecule has 2 amide bonds. The van der Waals surface area contributed by atoms with Gasteiger partial charge in [-0.15, -0.1) is 0 Å². The lowest BCUT2D eigenvalue weighted by Gasteiger charge is -2.31. The molecule has 0 saturated heterocycles. The van der Waals surface area contributed by atoms with Crippen LogP contribution >= 0.6 is 0 Å². The zero-order valence-corrected chi connectivity index (χ0v) is 20.8. The summed E-state index contributed by atoms with van der Waals surface area (Å²) in [7, 11) is 0. The summed E-state index contributed by atoms with van der Waals surface area (Å²) in [5.41, 5.74) is 4.69. The summed E-state index contributed by atoms with van der Waals surface area (Å²) >= 11 is 0. The molecule has 178 valence electrons. The second-order valence-electron chi connectivity index (χ2n) is 9.92. The predicted molar refractivity (Wildman–Crippen MR) is 135 cm³/mol. The zero-order valence-electron chi connectivity index (χ0n) is 20.8. The number of carbonyl (C=O) groups is 2. The van der Waals surface area contributed by atoms with E-state index >= 15 is 0 Å². The molecule has 0 unspecified atom stereocenters. The molecule has 1 fully saturated rings. The van der Waals surface area contributed by atoms with Crippen LogP contribution < -0.4 is 5.32 Å². The number of nitrogens with zero attached hydrogens (tertiary/aromatic N) is 1. The molecule has 1 aliphatic carbocycles. The molecular weight excluding hydrogens is 408 g/mol. The van der Waals surface area contributed by atoms with Crippen molar-refractivity contribution < 1.29 is 9.59 Å². The summed E-state index contributed by atoms with van der Waals surface area (Å²) in [5.74, 6) is 0.479. The van der Waals surface area contributed by atoms with Crippen molar-refractivity contribution in [2.45, 2.75) is 97.2 Å². The number of nitrogens with one attached hydrogen (secondary N) is 1. The maximum absolute atomic E-state index is 13.3. The van der Waals surface area contributed by atoms with Crippen molar-refractivity contribution in [3.63, 3.8) is 0 Å². The summed E-state index contributed by atoms with van der Waals surface area (Å²) in [5, 5.41) is 3.21. The monoisotopic (exact) mass is 448 g/mol. The van der Waals surface area contributed by atoms with Crippen LogP contribution in [0.1, 0.15) is 87.5 Å². The first-order valence-corrected chi connectivity index (χ1v) is 12.6. The fraction of sp³-hybridized carbons (Fsp3) is 0.517. The highest BCUT2D eigenvalue weighted by Crippen LogP contribution is 2.19. The maximum atomic E-state index is 13.3. The average molecular weight is 449 g/mol. The number of amides is 2. The summed E-state index contributed by atoms with van der Waals surface area (Å²) in [6.07, 6.45) is 6.74. The van der Waals surface area contributed by atoms with Crippen molar-refractivity contribution in [2.24, 2.45) is 0 Å². The van der Waals surface area contributed by atoms with E-state index in [0.717, 1.165) is 24.0 Å². The third-order valence-corrected chi connectivity index (χ3v) is 6.87. The van der Waals surface area contributed by atoms with Crippen LogP contribution in [-0.2, 0) is 22.6 Å². The third kappa shape index (κ3) is 7.45. The van der Waals surface area contributed by atoms with Gasteiger partial charge in [0.15, 0.2) is 0 Å². The van der Waals surface area contributed by atoms with Gasteiger partial charge < -0.3 is 10.2 Å². The van der Waals surface area contributed by atoms with Crippen LogP contribution in [0.15, 0.2) is 48.5 Å². The molecule has 4 heteroatoms. The van der Waals surface area contributed by atoms with Gasteiger partial charge in [0, 0.05) is 19.0 Å². The van der Waals surface area contributed by atoms with Gasteiger partial charge in [0.1, 0.15) is 6.04 Å². The van der Waals surface area contributed by atoms with Gasteiger partial charge in [0.25, 0.3) is 0 Å². The van der Waals surface area contributed by atoms with E-state index in [4.69, 9.17) is 0 Å². The minimum Gasteiger partial charge on any atom is -0.352 e. The Labute approximate surface area is 199 Å². The van der Waals surface area contributed by atoms with Gasteiger partial charge in [-0.25, -0.2) is 0 Å². The highest BCUT2D eigenvalue weighted by molar-refractivity contribution is 5.87. The van der Waals surface area contributed by atoms with Crippen LogP contribution in [0.4, 0.5) is 0 Å². The molecule has 0 aliphatic heterocycles. The molecule has 1 aliphatic rings. The zero-order chi connectivity index (χ0) is 23.8. The molecular formula is C29H40N2O2. The molecule has 0 bridgehead atoms. The van der Waals surface area contributed by atoms with Crippen molar-refractivity contribution >= 4 is 11.8 Å². The molecule has 0 aromatic heterocycles. The minimum atomic E-state index is -0.496. The van der Waals surface area contributed by atoms with Gasteiger partial charge in [-0.05, 0) is 55.7 Å². The summed E-state index contributed by atoms with van der Waals surface area (Å²) in [6.45, 7) is 8.73. The van der Waals surface area contributed by atoms with Crippen molar-refractivity contribution in [1.29, 1.82) is 0 Å². The van der Waals surface area contributed by atoms with Crippen molar-refractivity contribution in [1.82, 2.24) is 10.2 Å². The Bertz CT molecular complexity index is 896. The lowest BCUT2D eigenvalue weighted by molar-refractivity contribution is -0.141. The van der Waals surface area contributed by atoms with Crippen LogP contribution in [0.2, 0.25) is 0 Å². The van der Waals surface area contributed by atoms with E-state index in [9.17, 15) is 9.59 Å². The molecule has 0 radical (unpaired) electrons. The number of hydrogen-bond donors (Lipinski definition) is 1. The van der Waals surface area contributed by atoms with E-state index < -0.39 is 6.04 Å². The fourth-order valence-electron chi connectivity index (χ4n) is 4.51. The van der Waals surface area contributed by atoms with Crippen LogP contribution in [0.3, 0.4) is 0 Å². The maximum Gasteiger partial charge on any atom is 0.242 e. The largest absolute Gasteiger partial charge is 0.352 e. The van der Waals surface area contributed by atoms with Gasteiger partial charge in [0.2, 0.25) is 11.8 Å². The Morgan fingerprint density at radius 3 is 2.12 bits per heavy atom. The van der Waals surface area contributed by atoms with Gasteiger partial charge in [-0.3, -0.25) is 9.59 Å². The smallest absolute Gasteiger partial charge is 0.242 e. The van der Waals surface area contributed by atoms with E-state index in [1.807, 2.05) is 19.1 Å². The Morgan fingerprint density at radius 2 is 1.52 bits per heavy atom. The number of carbonyl (C=O) groups excluding carboxylic acids is 2. The predicted octanol–water partition coefficient (Wildman–Crippen LogP) is 5.92. The van der Waals surface area contributed by atoms with Crippen molar-refractivity contribution in [2.75, 3.05) is 0 Å². The minimum absolute atomic E-state index is 0.0230. The normalized spacial score (nSPS) is 15.3. The fourth-order valence-corrected chi connectivity index (χ4v) is 4.51. The first-order valence-electron chi connectivity index (χ1n) is 12.6. The van der Waals surface area contributed by atoms with Crippen LogP contribution in [0.5, 0.6) is 0 Å². The molecule has 4 nitrogen and oxygen atoms in total. The molecule has 0 spiro atoms. The summed E-state index contributed by atoms with van der Waals surface area (Å²) in [4.78, 5) is 28.2. The van der Waals surface area contributed by atoms with E-state index in [0.29, 0.717) is 25.3 Å². The number of rotatable bonds is 9. The Hall–Kier alpha value is -2.62. The second-order valence-corrected chi connectivity index (χ2v) is 9.92. The lowest BCUT2D eigenvalue weighted by atomic mass is 9.95. The Balaban J connectivity index is 1.68. The molecule has 33 heavy (non-hydrogen) atoms. The topological polar surface area (TPSA) is 49.4 Å². The average Bonchev–Trinajstić information content (AvgIpc) is 2.82. The summed E-state index contributed by atoms with van der Waals surface area (Å²) < 4.78 is 0. The molecule has 2 aromatic rings. The highest BCUT2D eigenvalue weighted by Gasteiger charge is 2.27. The summed E-state index contributed by atoms with van der Waals surface area (Å²) in [6, 6.07) is 16.5. The van der Waals surface area contributed by atoms with Gasteiger partial charge in [0.05, 0.1) is 0 Å². The quantitative estimate of drug-likeness (QED) is 0.518. The van der Waals surface area contributed by atoms with Crippen molar-refractivity contribution in [3.05, 3.63) is 70.8 Å². The SMILES string of the molecule is Cc1ccc(CN(C(=O)CCc2ccc(C(C)C)cc2)[C@@H](C)C(=O)NC2CCCCC2)cc1. The van der Waals surface area contributed by atoms with E-state index in [1.54, 1.807) is 4.90 Å². The highest BCUT2D eigenvalue weighted by atomic mass is 16.2. The first kappa shape index (κ1) is 25.0. The van der Waals surface area contributed by atoms with E-state index in [2.05, 4.69) is 62.5 Å². The first-order chi connectivity index (χ1) is 15.8. The Kier molecular flexibility index (Phi) is 9.11. The van der Waals surface area contributed by atoms with Gasteiger partial charge in [-0.2, -0.15) is 0 Å². The third-order valence-electron chi connectivity index (χ3n) is 6.87. The molecule has 3 rings (SSSR count). The number of benzene rings is 2. The molecule has 1 N–H and O–H groups in total. The Morgan fingerprint density at radius 1 is 0.909 bits per heavy atom. The number of aryl methyl sites for hydroxylation is 2. The lowest BCUT2D eigenvalue weighted by Crippen LogP contribution is -2.50. The van der Waals surface area contributed by atoms with E-state index in [1.165, 1.54) is 30.4 Å². The molecule has 2 aromatic carbocycles. The van der Waals surface area contributed by atoms with E-state index in [-0.39, 0.29) is 17.9 Å². The molecule has 0 heterocycles. The molecule has 1 atom stereocenters.